The number of carbonyl (C=O) groups excluding carboxylic acids is 2. The predicted molar refractivity (Wildman–Crippen MR) is 101 cm³/mol. The molecule has 7 nitrogen and oxygen atoms in total. The summed E-state index contributed by atoms with van der Waals surface area (Å²) in [7, 11) is 0. The van der Waals surface area contributed by atoms with Gasteiger partial charge >= 0.3 is 5.97 Å². The van der Waals surface area contributed by atoms with E-state index in [-0.39, 0.29) is 42.9 Å². The summed E-state index contributed by atoms with van der Waals surface area (Å²) >= 11 is 0. The number of hydrogen-bond acceptors (Lipinski definition) is 5. The van der Waals surface area contributed by atoms with Crippen molar-refractivity contribution < 1.29 is 23.9 Å². The molecule has 1 aromatic rings. The molecule has 0 spiro atoms. The van der Waals surface area contributed by atoms with Crippen LogP contribution in [-0.4, -0.2) is 42.0 Å². The largest absolute Gasteiger partial charge is 0.481 e. The maximum Gasteiger partial charge on any atom is 0.303 e. The third-order valence-electron chi connectivity index (χ3n) is 4.95. The lowest BCUT2D eigenvalue weighted by Crippen LogP contribution is -2.47. The molecule has 2 aliphatic rings. The molecule has 148 valence electrons. The van der Waals surface area contributed by atoms with Crippen molar-refractivity contribution in [1.29, 1.82) is 0 Å². The SMILES string of the molecule is Cl.O=C(O)CC1CCN(c2ccc(NC3CCC(=O)NC3=O)cc2F)CC1. The van der Waals surface area contributed by atoms with Gasteiger partial charge in [0.25, 0.3) is 0 Å². The van der Waals surface area contributed by atoms with Gasteiger partial charge in [-0.05, 0) is 43.4 Å². The van der Waals surface area contributed by atoms with Gasteiger partial charge in [0.05, 0.1) is 5.69 Å². The molecule has 0 aliphatic carbocycles. The number of halogens is 2. The Hall–Kier alpha value is -2.35. The molecule has 2 amide bonds. The van der Waals surface area contributed by atoms with Gasteiger partial charge in [-0.1, -0.05) is 0 Å². The second-order valence-corrected chi connectivity index (χ2v) is 6.84. The normalized spacial score (nSPS) is 20.6. The predicted octanol–water partition coefficient (Wildman–Crippen LogP) is 2.16. The maximum atomic E-state index is 14.5. The third-order valence-corrected chi connectivity index (χ3v) is 4.95. The molecule has 2 aliphatic heterocycles. The van der Waals surface area contributed by atoms with Crippen molar-refractivity contribution in [2.45, 2.75) is 38.1 Å². The summed E-state index contributed by atoms with van der Waals surface area (Å²) in [6.45, 7) is 1.24. The minimum absolute atomic E-state index is 0. The molecule has 1 aromatic carbocycles. The van der Waals surface area contributed by atoms with E-state index in [2.05, 4.69) is 10.6 Å². The van der Waals surface area contributed by atoms with Crippen LogP contribution in [0.15, 0.2) is 18.2 Å². The van der Waals surface area contributed by atoms with Gasteiger partial charge in [-0.3, -0.25) is 19.7 Å². The lowest BCUT2D eigenvalue weighted by Gasteiger charge is -2.33. The van der Waals surface area contributed by atoms with Crippen molar-refractivity contribution in [2.24, 2.45) is 5.92 Å². The summed E-state index contributed by atoms with van der Waals surface area (Å²) in [5.74, 6) is -1.73. The van der Waals surface area contributed by atoms with E-state index in [1.54, 1.807) is 12.1 Å². The van der Waals surface area contributed by atoms with E-state index >= 15 is 0 Å². The fraction of sp³-hybridized carbons (Fsp3) is 0.500. The Balaban J connectivity index is 0.00000261. The van der Waals surface area contributed by atoms with Crippen LogP contribution in [-0.2, 0) is 14.4 Å². The summed E-state index contributed by atoms with van der Waals surface area (Å²) < 4.78 is 14.5. The molecular weight excluding hydrogens is 377 g/mol. The lowest BCUT2D eigenvalue weighted by molar-refractivity contribution is -0.138. The molecule has 1 atom stereocenters. The highest BCUT2D eigenvalue weighted by atomic mass is 35.5. The van der Waals surface area contributed by atoms with E-state index in [4.69, 9.17) is 5.11 Å². The van der Waals surface area contributed by atoms with Crippen molar-refractivity contribution in [3.05, 3.63) is 24.0 Å². The van der Waals surface area contributed by atoms with Gasteiger partial charge in [-0.2, -0.15) is 0 Å². The number of nitrogens with one attached hydrogen (secondary N) is 2. The highest BCUT2D eigenvalue weighted by Gasteiger charge is 2.27. The van der Waals surface area contributed by atoms with Gasteiger partial charge in [-0.15, -0.1) is 12.4 Å². The Morgan fingerprint density at radius 1 is 1.26 bits per heavy atom. The smallest absolute Gasteiger partial charge is 0.303 e. The van der Waals surface area contributed by atoms with E-state index in [1.807, 2.05) is 4.90 Å². The number of carboxylic acid groups (broad SMARTS) is 1. The highest BCUT2D eigenvalue weighted by molar-refractivity contribution is 6.01. The molecule has 0 aromatic heterocycles. The van der Waals surface area contributed by atoms with Gasteiger partial charge in [0.2, 0.25) is 11.8 Å². The summed E-state index contributed by atoms with van der Waals surface area (Å²) in [5.41, 5.74) is 0.967. The maximum absolute atomic E-state index is 14.5. The first-order chi connectivity index (χ1) is 12.4. The monoisotopic (exact) mass is 399 g/mol. The molecule has 3 N–H and O–H groups in total. The van der Waals surface area contributed by atoms with Crippen LogP contribution in [0.1, 0.15) is 32.1 Å². The van der Waals surface area contributed by atoms with E-state index in [1.165, 1.54) is 6.07 Å². The zero-order valence-corrected chi connectivity index (χ0v) is 15.6. The Bertz CT molecular complexity index is 723. The Morgan fingerprint density at radius 3 is 2.56 bits per heavy atom. The van der Waals surface area contributed by atoms with Crippen molar-refractivity contribution in [3.8, 4) is 0 Å². The first-order valence-corrected chi connectivity index (χ1v) is 8.79. The molecular formula is C18H23ClFN3O4. The van der Waals surface area contributed by atoms with Gasteiger partial charge < -0.3 is 15.3 Å². The Morgan fingerprint density at radius 2 is 1.96 bits per heavy atom. The highest BCUT2D eigenvalue weighted by Crippen LogP contribution is 2.29. The summed E-state index contributed by atoms with van der Waals surface area (Å²) in [6, 6.07) is 4.18. The van der Waals surface area contributed by atoms with Crippen molar-refractivity contribution in [2.75, 3.05) is 23.3 Å². The van der Waals surface area contributed by atoms with Crippen LogP contribution < -0.4 is 15.5 Å². The van der Waals surface area contributed by atoms with Gasteiger partial charge in [0.1, 0.15) is 11.9 Å². The van der Waals surface area contributed by atoms with Crippen LogP contribution in [0.2, 0.25) is 0 Å². The number of nitrogens with zero attached hydrogens (tertiary/aromatic N) is 1. The molecule has 9 heteroatoms. The number of carboxylic acids is 1. The minimum atomic E-state index is -0.793. The standard InChI is InChI=1S/C18H22FN3O4.ClH/c19-13-10-12(20-14-2-4-16(23)21-18(14)26)1-3-15(13)22-7-5-11(6-8-22)9-17(24)25;/h1,3,10-11,14,20H,2,4-9H2,(H,24,25)(H,21,23,26);1H. The number of aliphatic carboxylic acids is 1. The van der Waals surface area contributed by atoms with E-state index < -0.39 is 17.9 Å². The van der Waals surface area contributed by atoms with Gasteiger partial charge in [-0.25, -0.2) is 4.39 Å². The Kier molecular flexibility index (Phi) is 7.01. The second-order valence-electron chi connectivity index (χ2n) is 6.84. The topological polar surface area (TPSA) is 98.7 Å². The fourth-order valence-electron chi connectivity index (χ4n) is 3.51. The molecule has 2 fully saturated rings. The molecule has 0 bridgehead atoms. The quantitative estimate of drug-likeness (QED) is 0.656. The Labute approximate surface area is 162 Å². The van der Waals surface area contributed by atoms with Crippen LogP contribution in [0.4, 0.5) is 15.8 Å². The molecule has 0 radical (unpaired) electrons. The third kappa shape index (κ3) is 5.32. The van der Waals surface area contributed by atoms with Crippen LogP contribution in [0.3, 0.4) is 0 Å². The van der Waals surface area contributed by atoms with Crippen molar-refractivity contribution >= 4 is 41.6 Å². The van der Waals surface area contributed by atoms with Crippen molar-refractivity contribution in [1.82, 2.24) is 5.32 Å². The average Bonchev–Trinajstić information content (AvgIpc) is 2.58. The van der Waals surface area contributed by atoms with Crippen LogP contribution in [0, 0.1) is 11.7 Å². The first-order valence-electron chi connectivity index (χ1n) is 8.79. The van der Waals surface area contributed by atoms with E-state index in [0.29, 0.717) is 30.9 Å². The molecule has 27 heavy (non-hydrogen) atoms. The number of carbonyl (C=O) groups is 3. The number of piperidine rings is 2. The number of benzene rings is 1. The summed E-state index contributed by atoms with van der Waals surface area (Å²) in [6.07, 6.45) is 2.25. The number of rotatable bonds is 5. The zero-order valence-electron chi connectivity index (χ0n) is 14.7. The van der Waals surface area contributed by atoms with E-state index in [9.17, 15) is 18.8 Å². The second kappa shape index (κ2) is 9.03. The molecule has 1 unspecified atom stereocenters. The van der Waals surface area contributed by atoms with Gasteiger partial charge in [0.15, 0.2) is 0 Å². The number of hydrogen-bond donors (Lipinski definition) is 3. The molecule has 3 rings (SSSR count). The lowest BCUT2D eigenvalue weighted by atomic mass is 9.93. The number of anilines is 2. The average molecular weight is 400 g/mol. The van der Waals surface area contributed by atoms with Crippen LogP contribution >= 0.6 is 12.4 Å². The summed E-state index contributed by atoms with van der Waals surface area (Å²) in [4.78, 5) is 35.7. The van der Waals surface area contributed by atoms with Crippen LogP contribution in [0.25, 0.3) is 0 Å². The van der Waals surface area contributed by atoms with Crippen LogP contribution in [0.5, 0.6) is 0 Å². The van der Waals surface area contributed by atoms with Crippen molar-refractivity contribution in [3.63, 3.8) is 0 Å². The van der Waals surface area contributed by atoms with Gasteiger partial charge in [0, 0.05) is 31.6 Å². The molecule has 0 saturated carbocycles. The van der Waals surface area contributed by atoms with E-state index in [0.717, 1.165) is 12.8 Å². The zero-order chi connectivity index (χ0) is 18.7. The number of amides is 2. The number of imide groups is 1. The molecule has 2 saturated heterocycles. The molecule has 2 heterocycles. The minimum Gasteiger partial charge on any atom is -0.481 e. The fourth-order valence-corrected chi connectivity index (χ4v) is 3.51. The first kappa shape index (κ1) is 21.0. The summed E-state index contributed by atoms with van der Waals surface area (Å²) in [5, 5.41) is 14.1.